The van der Waals surface area contributed by atoms with Crippen molar-refractivity contribution in [3.8, 4) is 0 Å². The maximum absolute atomic E-state index is 11.8. The molecule has 0 radical (unpaired) electrons. The highest BCUT2D eigenvalue weighted by molar-refractivity contribution is 6.36. The van der Waals surface area contributed by atoms with Crippen LogP contribution in [-0.2, 0) is 14.3 Å². The molecule has 0 bridgehead atoms. The van der Waals surface area contributed by atoms with Crippen LogP contribution in [0.15, 0.2) is 12.3 Å². The summed E-state index contributed by atoms with van der Waals surface area (Å²) in [5.74, 6) is -0.740. The van der Waals surface area contributed by atoms with Gasteiger partial charge in [-0.3, -0.25) is 9.59 Å². The molecular formula is C12H14Cl2N2O3. The molecule has 1 atom stereocenters. The molecule has 1 heterocycles. The zero-order valence-electron chi connectivity index (χ0n) is 10.6. The molecule has 1 amide bonds. The molecule has 0 aliphatic rings. The van der Waals surface area contributed by atoms with Gasteiger partial charge in [0.05, 0.1) is 10.0 Å². The topological polar surface area (TPSA) is 68.3 Å². The van der Waals surface area contributed by atoms with E-state index in [-0.39, 0.29) is 17.3 Å². The quantitative estimate of drug-likeness (QED) is 0.849. The maximum atomic E-state index is 11.8. The Morgan fingerprint density at radius 3 is 2.74 bits per heavy atom. The molecule has 0 unspecified atom stereocenters. The highest BCUT2D eigenvalue weighted by atomic mass is 35.5. The standard InChI is InChI=1S/C12H14Cl2N2O3/c1-3-4-10(17)19-7(2)12(18)16-11-9(14)5-8(13)6-15-11/h5-7H,3-4H2,1-2H3,(H,15,16,18)/t7-/m1/s1. The number of amides is 1. The Bertz CT molecular complexity index is 480. The van der Waals surface area contributed by atoms with Gasteiger partial charge in [0.15, 0.2) is 11.9 Å². The third kappa shape index (κ3) is 5.04. The SMILES string of the molecule is CCCC(=O)O[C@H](C)C(=O)Nc1ncc(Cl)cc1Cl. The van der Waals surface area contributed by atoms with Crippen LogP contribution in [0.3, 0.4) is 0 Å². The van der Waals surface area contributed by atoms with Crippen LogP contribution >= 0.6 is 23.2 Å². The third-order valence-electron chi connectivity index (χ3n) is 2.18. The van der Waals surface area contributed by atoms with E-state index in [2.05, 4.69) is 10.3 Å². The predicted octanol–water partition coefficient (Wildman–Crippen LogP) is 3.06. The summed E-state index contributed by atoms with van der Waals surface area (Å²) in [4.78, 5) is 26.9. The number of hydrogen-bond donors (Lipinski definition) is 1. The largest absolute Gasteiger partial charge is 0.453 e. The smallest absolute Gasteiger partial charge is 0.306 e. The number of hydrogen-bond acceptors (Lipinski definition) is 4. The lowest BCUT2D eigenvalue weighted by atomic mass is 10.3. The number of rotatable bonds is 5. The van der Waals surface area contributed by atoms with Crippen LogP contribution in [0.5, 0.6) is 0 Å². The van der Waals surface area contributed by atoms with Crippen LogP contribution in [-0.4, -0.2) is 23.0 Å². The van der Waals surface area contributed by atoms with Gasteiger partial charge in [-0.15, -0.1) is 0 Å². The summed E-state index contributed by atoms with van der Waals surface area (Å²) in [6.07, 6.45) is 1.39. The summed E-state index contributed by atoms with van der Waals surface area (Å²) in [6, 6.07) is 1.46. The molecule has 0 fully saturated rings. The number of ether oxygens (including phenoxy) is 1. The van der Waals surface area contributed by atoms with E-state index in [9.17, 15) is 9.59 Å². The zero-order valence-corrected chi connectivity index (χ0v) is 12.1. The van der Waals surface area contributed by atoms with Crippen molar-refractivity contribution in [2.75, 3.05) is 5.32 Å². The summed E-state index contributed by atoms with van der Waals surface area (Å²) in [7, 11) is 0. The number of aromatic nitrogens is 1. The van der Waals surface area contributed by atoms with Gasteiger partial charge in [0.25, 0.3) is 5.91 Å². The minimum absolute atomic E-state index is 0.175. The van der Waals surface area contributed by atoms with E-state index >= 15 is 0 Å². The normalized spacial score (nSPS) is 11.8. The highest BCUT2D eigenvalue weighted by Crippen LogP contribution is 2.22. The van der Waals surface area contributed by atoms with Crippen LogP contribution in [0.2, 0.25) is 10.0 Å². The maximum Gasteiger partial charge on any atom is 0.306 e. The van der Waals surface area contributed by atoms with Crippen LogP contribution in [0.4, 0.5) is 5.82 Å². The Kier molecular flexibility index (Phi) is 6.05. The van der Waals surface area contributed by atoms with Crippen LogP contribution in [0, 0.1) is 0 Å². The molecule has 1 aromatic rings. The van der Waals surface area contributed by atoms with Gasteiger partial charge >= 0.3 is 5.97 Å². The summed E-state index contributed by atoms with van der Waals surface area (Å²) >= 11 is 11.6. The van der Waals surface area contributed by atoms with Crippen molar-refractivity contribution >= 4 is 40.9 Å². The fourth-order valence-electron chi connectivity index (χ4n) is 1.24. The molecule has 1 N–H and O–H groups in total. The molecular weight excluding hydrogens is 291 g/mol. The molecule has 0 aliphatic carbocycles. The van der Waals surface area contributed by atoms with Gasteiger partial charge in [-0.1, -0.05) is 30.1 Å². The fraction of sp³-hybridized carbons (Fsp3) is 0.417. The van der Waals surface area contributed by atoms with Crippen LogP contribution in [0.1, 0.15) is 26.7 Å². The molecule has 0 aliphatic heterocycles. The minimum atomic E-state index is -0.910. The first kappa shape index (κ1) is 15.7. The van der Waals surface area contributed by atoms with Crippen molar-refractivity contribution in [2.24, 2.45) is 0 Å². The van der Waals surface area contributed by atoms with E-state index in [1.807, 2.05) is 6.92 Å². The van der Waals surface area contributed by atoms with Crippen molar-refractivity contribution in [1.29, 1.82) is 0 Å². The van der Waals surface area contributed by atoms with Crippen molar-refractivity contribution in [3.63, 3.8) is 0 Å². The van der Waals surface area contributed by atoms with Gasteiger partial charge in [-0.05, 0) is 19.4 Å². The van der Waals surface area contributed by atoms with E-state index < -0.39 is 18.0 Å². The second-order valence-corrected chi connectivity index (χ2v) is 4.70. The van der Waals surface area contributed by atoms with Gasteiger partial charge in [-0.2, -0.15) is 0 Å². The number of pyridine rings is 1. The second-order valence-electron chi connectivity index (χ2n) is 3.86. The molecule has 0 aromatic carbocycles. The van der Waals surface area contributed by atoms with Gasteiger partial charge < -0.3 is 10.1 Å². The fourth-order valence-corrected chi connectivity index (χ4v) is 1.67. The van der Waals surface area contributed by atoms with E-state index in [1.165, 1.54) is 19.2 Å². The number of carbonyl (C=O) groups excluding carboxylic acids is 2. The van der Waals surface area contributed by atoms with Crippen molar-refractivity contribution in [3.05, 3.63) is 22.3 Å². The average molecular weight is 305 g/mol. The first-order chi connectivity index (χ1) is 8.93. The Morgan fingerprint density at radius 1 is 1.47 bits per heavy atom. The Labute approximate surface area is 121 Å². The monoisotopic (exact) mass is 304 g/mol. The van der Waals surface area contributed by atoms with E-state index in [0.717, 1.165) is 0 Å². The van der Waals surface area contributed by atoms with Crippen molar-refractivity contribution in [2.45, 2.75) is 32.8 Å². The van der Waals surface area contributed by atoms with E-state index in [0.29, 0.717) is 11.4 Å². The van der Waals surface area contributed by atoms with Gasteiger partial charge in [0.2, 0.25) is 0 Å². The highest BCUT2D eigenvalue weighted by Gasteiger charge is 2.18. The van der Waals surface area contributed by atoms with Gasteiger partial charge in [-0.25, -0.2) is 4.98 Å². The molecule has 5 nitrogen and oxygen atoms in total. The van der Waals surface area contributed by atoms with E-state index in [4.69, 9.17) is 27.9 Å². The Balaban J connectivity index is 2.61. The Hall–Kier alpha value is -1.33. The minimum Gasteiger partial charge on any atom is -0.453 e. The number of anilines is 1. The second kappa shape index (κ2) is 7.31. The third-order valence-corrected chi connectivity index (χ3v) is 2.68. The number of nitrogens with one attached hydrogen (secondary N) is 1. The summed E-state index contributed by atoms with van der Waals surface area (Å²) in [6.45, 7) is 3.33. The number of nitrogens with zero attached hydrogens (tertiary/aromatic N) is 1. The van der Waals surface area contributed by atoms with Gasteiger partial charge in [0.1, 0.15) is 0 Å². The number of esters is 1. The molecule has 0 saturated heterocycles. The zero-order chi connectivity index (χ0) is 14.4. The molecule has 1 aromatic heterocycles. The predicted molar refractivity (Wildman–Crippen MR) is 73.3 cm³/mol. The van der Waals surface area contributed by atoms with E-state index in [1.54, 1.807) is 0 Å². The summed E-state index contributed by atoms with van der Waals surface area (Å²) < 4.78 is 4.94. The first-order valence-corrected chi connectivity index (χ1v) is 6.51. The molecule has 0 spiro atoms. The molecule has 0 saturated carbocycles. The number of carbonyl (C=O) groups is 2. The van der Waals surface area contributed by atoms with Crippen LogP contribution in [0.25, 0.3) is 0 Å². The summed E-state index contributed by atoms with van der Waals surface area (Å²) in [5.41, 5.74) is 0. The molecule has 104 valence electrons. The lowest BCUT2D eigenvalue weighted by molar-refractivity contribution is -0.153. The summed E-state index contributed by atoms with van der Waals surface area (Å²) in [5, 5.41) is 3.05. The first-order valence-electron chi connectivity index (χ1n) is 5.75. The average Bonchev–Trinajstić information content (AvgIpc) is 2.32. The molecule has 1 rings (SSSR count). The van der Waals surface area contributed by atoms with Crippen molar-refractivity contribution < 1.29 is 14.3 Å². The lowest BCUT2D eigenvalue weighted by Gasteiger charge is -2.13. The molecule has 19 heavy (non-hydrogen) atoms. The van der Waals surface area contributed by atoms with Crippen LogP contribution < -0.4 is 5.32 Å². The molecule has 7 heteroatoms. The van der Waals surface area contributed by atoms with Crippen molar-refractivity contribution in [1.82, 2.24) is 4.98 Å². The number of halogens is 2. The van der Waals surface area contributed by atoms with Gasteiger partial charge in [0, 0.05) is 12.6 Å². The lowest BCUT2D eigenvalue weighted by Crippen LogP contribution is -2.30. The Morgan fingerprint density at radius 2 is 2.16 bits per heavy atom.